The zero-order valence-electron chi connectivity index (χ0n) is 16.6. The number of hydrogen-bond acceptors (Lipinski definition) is 6. The molecule has 156 valence electrons. The van der Waals surface area contributed by atoms with Crippen LogP contribution in [-0.4, -0.2) is 51.7 Å². The minimum Gasteiger partial charge on any atom is -0.378 e. The molecule has 0 spiro atoms. The number of hydrogen-bond donors (Lipinski definition) is 2. The van der Waals surface area contributed by atoms with Crippen molar-refractivity contribution < 1.29 is 9.53 Å². The Morgan fingerprint density at radius 3 is 2.55 bits per heavy atom. The quantitative estimate of drug-likeness (QED) is 0.523. The van der Waals surface area contributed by atoms with Crippen LogP contribution in [0.5, 0.6) is 0 Å². The van der Waals surface area contributed by atoms with E-state index in [1.54, 1.807) is 24.4 Å². The fraction of sp³-hybridized carbons (Fsp3) is 0.182. The van der Waals surface area contributed by atoms with Gasteiger partial charge in [0.05, 0.1) is 30.8 Å². The molecule has 0 radical (unpaired) electrons. The summed E-state index contributed by atoms with van der Waals surface area (Å²) in [6, 6.07) is 14.6. The number of carbonyl (C=O) groups excluding carboxylic acids is 1. The Bertz CT molecular complexity index is 1320. The first-order valence-corrected chi connectivity index (χ1v) is 9.91. The zero-order chi connectivity index (χ0) is 21.4. The molecule has 2 aromatic carbocycles. The third-order valence-corrected chi connectivity index (χ3v) is 5.32. The normalized spacial score (nSPS) is 14.1. The maximum atomic E-state index is 12.7. The number of nitrogens with one attached hydrogen (secondary N) is 1. The summed E-state index contributed by atoms with van der Waals surface area (Å²) < 4.78 is 6.89. The molecule has 3 heterocycles. The van der Waals surface area contributed by atoms with Gasteiger partial charge in [-0.2, -0.15) is 0 Å². The number of ether oxygens (including phenoxy) is 1. The van der Waals surface area contributed by atoms with Gasteiger partial charge in [-0.1, -0.05) is 12.1 Å². The number of imidazole rings is 1. The number of anilines is 1. The van der Waals surface area contributed by atoms with Crippen molar-refractivity contribution in [2.45, 2.75) is 0 Å². The van der Waals surface area contributed by atoms with Gasteiger partial charge in [-0.15, -0.1) is 0 Å². The first kappa shape index (κ1) is 19.0. The lowest BCUT2D eigenvalue weighted by Crippen LogP contribution is -2.36. The molecule has 0 bridgehead atoms. The number of carbonyl (C=O) groups is 1. The zero-order valence-corrected chi connectivity index (χ0v) is 16.6. The van der Waals surface area contributed by atoms with Crippen molar-refractivity contribution in [3.63, 3.8) is 0 Å². The van der Waals surface area contributed by atoms with Crippen LogP contribution in [0.25, 0.3) is 28.2 Å². The molecule has 4 aromatic rings. The third-order valence-electron chi connectivity index (χ3n) is 5.32. The van der Waals surface area contributed by atoms with Crippen LogP contribution in [0.2, 0.25) is 0 Å². The maximum Gasteiger partial charge on any atom is 0.333 e. The van der Waals surface area contributed by atoms with Gasteiger partial charge in [-0.3, -0.25) is 9.78 Å². The number of nitrogens with zero attached hydrogens (tertiary/aromatic N) is 4. The van der Waals surface area contributed by atoms with E-state index >= 15 is 0 Å². The molecular weight excluding hydrogens is 396 g/mol. The van der Waals surface area contributed by atoms with Crippen LogP contribution in [0, 0.1) is 0 Å². The van der Waals surface area contributed by atoms with E-state index < -0.39 is 5.91 Å². The number of H-pyrrole nitrogens is 1. The van der Waals surface area contributed by atoms with Crippen molar-refractivity contribution in [3.8, 4) is 16.9 Å². The summed E-state index contributed by atoms with van der Waals surface area (Å²) in [4.78, 5) is 38.1. The fourth-order valence-corrected chi connectivity index (χ4v) is 3.73. The second kappa shape index (κ2) is 7.69. The van der Waals surface area contributed by atoms with Crippen molar-refractivity contribution in [1.82, 2.24) is 19.5 Å². The molecule has 1 fully saturated rings. The van der Waals surface area contributed by atoms with Crippen molar-refractivity contribution in [2.75, 3.05) is 31.2 Å². The van der Waals surface area contributed by atoms with Gasteiger partial charge in [0.2, 0.25) is 5.91 Å². The van der Waals surface area contributed by atoms with E-state index in [4.69, 9.17) is 10.5 Å². The average Bonchev–Trinajstić information content (AvgIpc) is 3.14. The van der Waals surface area contributed by atoms with Gasteiger partial charge in [0, 0.05) is 29.9 Å². The largest absolute Gasteiger partial charge is 0.378 e. The predicted molar refractivity (Wildman–Crippen MR) is 116 cm³/mol. The number of rotatable bonds is 4. The molecule has 9 heteroatoms. The number of aromatic nitrogens is 4. The lowest BCUT2D eigenvalue weighted by molar-refractivity contribution is 0.100. The molecule has 1 amide bonds. The van der Waals surface area contributed by atoms with Crippen LogP contribution >= 0.6 is 0 Å². The molecule has 0 unspecified atom stereocenters. The highest BCUT2D eigenvalue weighted by Gasteiger charge is 2.15. The molecule has 1 aliphatic heterocycles. The summed E-state index contributed by atoms with van der Waals surface area (Å²) in [5.74, 6) is -0.518. The molecule has 0 saturated carbocycles. The lowest BCUT2D eigenvalue weighted by Gasteiger charge is -2.28. The van der Waals surface area contributed by atoms with Crippen molar-refractivity contribution in [3.05, 3.63) is 70.8 Å². The second-order valence-corrected chi connectivity index (χ2v) is 7.25. The lowest BCUT2D eigenvalue weighted by atomic mass is 10.1. The number of benzene rings is 2. The van der Waals surface area contributed by atoms with E-state index in [2.05, 4.69) is 19.9 Å². The van der Waals surface area contributed by atoms with E-state index in [9.17, 15) is 9.59 Å². The summed E-state index contributed by atoms with van der Waals surface area (Å²) >= 11 is 0. The first-order valence-electron chi connectivity index (χ1n) is 9.91. The number of nitrogens with two attached hydrogens (primary N) is 1. The molecule has 1 saturated heterocycles. The highest BCUT2D eigenvalue weighted by atomic mass is 16.5. The molecule has 5 rings (SSSR count). The number of fused-ring (bicyclic) bond motifs is 1. The summed E-state index contributed by atoms with van der Waals surface area (Å²) in [6.45, 7) is 3.11. The monoisotopic (exact) mass is 416 g/mol. The third kappa shape index (κ3) is 3.55. The van der Waals surface area contributed by atoms with Crippen molar-refractivity contribution in [2.24, 2.45) is 5.73 Å². The highest BCUT2D eigenvalue weighted by Crippen LogP contribution is 2.22. The SMILES string of the molecule is NC(=O)c1cccc(-c2cnc3c(n2)[nH]c(=O)n3-c2ccc(N3CCOCC3)cc2)c1. The van der Waals surface area contributed by atoms with Gasteiger partial charge >= 0.3 is 5.69 Å². The molecule has 0 atom stereocenters. The Kier molecular flexibility index (Phi) is 4.72. The van der Waals surface area contributed by atoms with Gasteiger partial charge in [-0.05, 0) is 36.4 Å². The van der Waals surface area contributed by atoms with Crippen LogP contribution in [0.15, 0.2) is 59.5 Å². The Labute approximate surface area is 177 Å². The Morgan fingerprint density at radius 1 is 1.06 bits per heavy atom. The second-order valence-electron chi connectivity index (χ2n) is 7.25. The number of primary amides is 1. The standard InChI is InChI=1S/C22H20N6O3/c23-19(29)15-3-1-2-14(12-15)18-13-24-21-20(25-18)26-22(30)28(21)17-6-4-16(5-7-17)27-8-10-31-11-9-27/h1-7,12-13H,8-11H2,(H2,23,29)(H,25,26,30). The predicted octanol–water partition coefficient (Wildman–Crippen LogP) is 1.71. The van der Waals surface area contributed by atoms with Crippen molar-refractivity contribution in [1.29, 1.82) is 0 Å². The van der Waals surface area contributed by atoms with Crippen LogP contribution in [0.3, 0.4) is 0 Å². The molecule has 3 N–H and O–H groups in total. The summed E-state index contributed by atoms with van der Waals surface area (Å²) in [7, 11) is 0. The summed E-state index contributed by atoms with van der Waals surface area (Å²) in [6.07, 6.45) is 1.58. The van der Waals surface area contributed by atoms with Crippen LogP contribution < -0.4 is 16.3 Å². The van der Waals surface area contributed by atoms with E-state index in [1.807, 2.05) is 30.3 Å². The summed E-state index contributed by atoms with van der Waals surface area (Å²) in [5, 5.41) is 0. The van der Waals surface area contributed by atoms with E-state index in [-0.39, 0.29) is 5.69 Å². The number of morpholine rings is 1. The molecule has 0 aliphatic carbocycles. The summed E-state index contributed by atoms with van der Waals surface area (Å²) in [5.41, 5.74) is 9.22. The minimum absolute atomic E-state index is 0.322. The van der Waals surface area contributed by atoms with Gasteiger partial charge in [0.25, 0.3) is 0 Å². The van der Waals surface area contributed by atoms with Crippen LogP contribution in [0.4, 0.5) is 5.69 Å². The van der Waals surface area contributed by atoms with Crippen LogP contribution in [-0.2, 0) is 4.74 Å². The van der Waals surface area contributed by atoms with Gasteiger partial charge in [-0.25, -0.2) is 19.3 Å². The topological polar surface area (TPSA) is 119 Å². The maximum absolute atomic E-state index is 12.7. The Hall–Kier alpha value is -3.98. The first-order chi connectivity index (χ1) is 15.1. The van der Waals surface area contributed by atoms with E-state index in [0.29, 0.717) is 47.0 Å². The minimum atomic E-state index is -0.518. The van der Waals surface area contributed by atoms with E-state index in [0.717, 1.165) is 18.8 Å². The van der Waals surface area contributed by atoms with Gasteiger partial charge in [0.1, 0.15) is 0 Å². The van der Waals surface area contributed by atoms with E-state index in [1.165, 1.54) is 4.57 Å². The molecule has 31 heavy (non-hydrogen) atoms. The average molecular weight is 416 g/mol. The number of aromatic amines is 1. The smallest absolute Gasteiger partial charge is 0.333 e. The number of amides is 1. The molecule has 1 aliphatic rings. The Balaban J connectivity index is 1.50. The fourth-order valence-electron chi connectivity index (χ4n) is 3.73. The molecule has 9 nitrogen and oxygen atoms in total. The van der Waals surface area contributed by atoms with Crippen LogP contribution in [0.1, 0.15) is 10.4 Å². The van der Waals surface area contributed by atoms with Gasteiger partial charge in [0.15, 0.2) is 11.3 Å². The Morgan fingerprint density at radius 2 is 1.81 bits per heavy atom. The van der Waals surface area contributed by atoms with Gasteiger partial charge < -0.3 is 15.4 Å². The molecular formula is C22H20N6O3. The van der Waals surface area contributed by atoms with Crippen molar-refractivity contribution >= 4 is 22.9 Å². The highest BCUT2D eigenvalue weighted by molar-refractivity contribution is 5.94. The molecule has 2 aromatic heterocycles.